The predicted octanol–water partition coefficient (Wildman–Crippen LogP) is 3.77. The van der Waals surface area contributed by atoms with Crippen molar-refractivity contribution in [3.63, 3.8) is 0 Å². The lowest BCUT2D eigenvalue weighted by Gasteiger charge is -2.24. The van der Waals surface area contributed by atoms with Gasteiger partial charge in [0.1, 0.15) is 5.00 Å². The van der Waals surface area contributed by atoms with Crippen molar-refractivity contribution in [2.24, 2.45) is 17.6 Å². The number of nitrogens with one attached hydrogen (secondary N) is 1. The molecule has 1 heterocycles. The summed E-state index contributed by atoms with van der Waals surface area (Å²) >= 11 is 7.08. The van der Waals surface area contributed by atoms with Gasteiger partial charge in [-0.05, 0) is 30.5 Å². The third kappa shape index (κ3) is 4.04. The number of carbonyl (C=O) groups excluding carboxylic acids is 2. The largest absolute Gasteiger partial charge is 0.481 e. The summed E-state index contributed by atoms with van der Waals surface area (Å²) in [4.78, 5) is 36.1. The quantitative estimate of drug-likeness (QED) is 0.659. The Morgan fingerprint density at radius 1 is 1.11 bits per heavy atom. The molecule has 0 aliphatic heterocycles. The maximum Gasteiger partial charge on any atom is 0.307 e. The fourth-order valence-corrected chi connectivity index (χ4v) is 4.22. The molecule has 0 spiro atoms. The average molecular weight is 405 g/mol. The summed E-state index contributed by atoms with van der Waals surface area (Å²) in [5, 5.41) is 14.7. The van der Waals surface area contributed by atoms with E-state index < -0.39 is 29.6 Å². The molecule has 2 amide bonds. The van der Waals surface area contributed by atoms with Gasteiger partial charge in [-0.25, -0.2) is 0 Å². The number of rotatable bonds is 5. The Bertz CT molecular complexity index is 920. The van der Waals surface area contributed by atoms with Gasteiger partial charge in [0.05, 0.1) is 17.4 Å². The molecule has 1 aliphatic carbocycles. The summed E-state index contributed by atoms with van der Waals surface area (Å²) < 4.78 is 0. The summed E-state index contributed by atoms with van der Waals surface area (Å²) in [6.07, 6.45) is 4.20. The number of halogens is 1. The van der Waals surface area contributed by atoms with Crippen molar-refractivity contribution >= 4 is 45.7 Å². The molecular formula is C19H17ClN2O4S. The van der Waals surface area contributed by atoms with E-state index in [0.717, 1.165) is 5.56 Å². The molecule has 0 bridgehead atoms. The van der Waals surface area contributed by atoms with E-state index in [-0.39, 0.29) is 5.56 Å². The molecule has 1 aromatic heterocycles. The summed E-state index contributed by atoms with van der Waals surface area (Å²) in [7, 11) is 0. The van der Waals surface area contributed by atoms with Gasteiger partial charge in [-0.2, -0.15) is 0 Å². The second kappa shape index (κ2) is 7.94. The molecular weight excluding hydrogens is 388 g/mol. The van der Waals surface area contributed by atoms with Crippen LogP contribution in [0, 0.1) is 11.8 Å². The summed E-state index contributed by atoms with van der Waals surface area (Å²) in [6.45, 7) is 0. The highest BCUT2D eigenvalue weighted by Crippen LogP contribution is 2.37. The first-order chi connectivity index (χ1) is 12.9. The first-order valence-electron chi connectivity index (χ1n) is 8.24. The minimum absolute atomic E-state index is 0.203. The molecule has 8 heteroatoms. The fourth-order valence-electron chi connectivity index (χ4n) is 3.12. The van der Waals surface area contributed by atoms with E-state index in [0.29, 0.717) is 28.4 Å². The molecule has 2 atom stereocenters. The Balaban J connectivity index is 1.90. The molecule has 4 N–H and O–H groups in total. The smallest absolute Gasteiger partial charge is 0.307 e. The van der Waals surface area contributed by atoms with Crippen molar-refractivity contribution in [2.45, 2.75) is 12.8 Å². The maximum atomic E-state index is 12.7. The molecule has 2 aromatic rings. The van der Waals surface area contributed by atoms with E-state index in [9.17, 15) is 19.5 Å². The van der Waals surface area contributed by atoms with E-state index in [1.165, 1.54) is 11.3 Å². The molecule has 0 radical (unpaired) electrons. The first-order valence-corrected chi connectivity index (χ1v) is 9.50. The molecule has 0 saturated carbocycles. The van der Waals surface area contributed by atoms with Crippen molar-refractivity contribution < 1.29 is 19.5 Å². The van der Waals surface area contributed by atoms with Gasteiger partial charge in [0.15, 0.2) is 0 Å². The summed E-state index contributed by atoms with van der Waals surface area (Å²) in [5.74, 6) is -3.60. The van der Waals surface area contributed by atoms with Crippen molar-refractivity contribution in [3.8, 4) is 11.1 Å². The molecule has 27 heavy (non-hydrogen) atoms. The Morgan fingerprint density at radius 3 is 2.33 bits per heavy atom. The van der Waals surface area contributed by atoms with E-state index in [4.69, 9.17) is 17.3 Å². The molecule has 0 unspecified atom stereocenters. The third-order valence-electron chi connectivity index (χ3n) is 4.52. The molecule has 0 saturated heterocycles. The predicted molar refractivity (Wildman–Crippen MR) is 105 cm³/mol. The van der Waals surface area contributed by atoms with Gasteiger partial charge >= 0.3 is 5.97 Å². The Labute approximate surface area is 164 Å². The number of anilines is 1. The third-order valence-corrected chi connectivity index (χ3v) is 5.66. The molecule has 140 valence electrons. The molecule has 0 fully saturated rings. The monoisotopic (exact) mass is 404 g/mol. The lowest BCUT2D eigenvalue weighted by molar-refractivity contribution is -0.146. The Morgan fingerprint density at radius 2 is 1.74 bits per heavy atom. The normalized spacial score (nSPS) is 18.9. The second-order valence-electron chi connectivity index (χ2n) is 6.21. The van der Waals surface area contributed by atoms with Gasteiger partial charge in [0, 0.05) is 16.0 Å². The Hall–Kier alpha value is -2.64. The molecule has 1 aliphatic rings. The number of carbonyl (C=O) groups is 3. The number of nitrogens with two attached hydrogens (primary N) is 1. The van der Waals surface area contributed by atoms with Gasteiger partial charge in [-0.3, -0.25) is 14.4 Å². The van der Waals surface area contributed by atoms with Gasteiger partial charge < -0.3 is 16.2 Å². The number of thiophene rings is 1. The Kier molecular flexibility index (Phi) is 5.62. The minimum Gasteiger partial charge on any atom is -0.481 e. The van der Waals surface area contributed by atoms with Crippen molar-refractivity contribution in [2.75, 3.05) is 5.32 Å². The number of carboxylic acids is 1. The number of aliphatic carboxylic acids is 1. The summed E-state index contributed by atoms with van der Waals surface area (Å²) in [5.41, 5.74) is 7.08. The van der Waals surface area contributed by atoms with E-state index >= 15 is 0 Å². The summed E-state index contributed by atoms with van der Waals surface area (Å²) in [6, 6.07) is 6.91. The highest BCUT2D eigenvalue weighted by Gasteiger charge is 2.34. The second-order valence-corrected chi connectivity index (χ2v) is 7.52. The SMILES string of the molecule is NC(=O)c1c(-c2ccc(Cl)cc2)csc1NC(=O)[C@H]1CC=CC[C@@H]1C(=O)O. The number of carboxylic acid groups (broad SMARTS) is 1. The van der Waals surface area contributed by atoms with Crippen LogP contribution in [0.2, 0.25) is 5.02 Å². The number of hydrogen-bond donors (Lipinski definition) is 3. The van der Waals surface area contributed by atoms with Gasteiger partial charge in [0.2, 0.25) is 5.91 Å². The van der Waals surface area contributed by atoms with Crippen LogP contribution in [0.15, 0.2) is 41.8 Å². The highest BCUT2D eigenvalue weighted by molar-refractivity contribution is 7.15. The highest BCUT2D eigenvalue weighted by atomic mass is 35.5. The number of benzene rings is 1. The van der Waals surface area contributed by atoms with Crippen LogP contribution in [0.5, 0.6) is 0 Å². The van der Waals surface area contributed by atoms with E-state index in [1.54, 1.807) is 41.8 Å². The number of allylic oxidation sites excluding steroid dienone is 2. The van der Waals surface area contributed by atoms with Crippen LogP contribution in [-0.4, -0.2) is 22.9 Å². The van der Waals surface area contributed by atoms with Crippen molar-refractivity contribution in [1.82, 2.24) is 0 Å². The zero-order valence-corrected chi connectivity index (χ0v) is 15.7. The topological polar surface area (TPSA) is 109 Å². The number of amides is 2. The molecule has 3 rings (SSSR count). The van der Waals surface area contributed by atoms with Crippen LogP contribution in [0.1, 0.15) is 23.2 Å². The van der Waals surface area contributed by atoms with E-state index in [2.05, 4.69) is 5.32 Å². The van der Waals surface area contributed by atoms with Crippen LogP contribution >= 0.6 is 22.9 Å². The number of hydrogen-bond acceptors (Lipinski definition) is 4. The lowest BCUT2D eigenvalue weighted by atomic mass is 9.82. The standard InChI is InChI=1S/C19H17ClN2O4S/c20-11-7-5-10(6-8-11)14-9-27-18(15(14)16(21)23)22-17(24)12-3-1-2-4-13(12)19(25)26/h1-2,5-9,12-13H,3-4H2,(H2,21,23)(H,22,24)(H,25,26)/t12-,13-/m0/s1. The van der Waals surface area contributed by atoms with Crippen molar-refractivity contribution in [1.29, 1.82) is 0 Å². The van der Waals surface area contributed by atoms with Crippen LogP contribution in [0.3, 0.4) is 0 Å². The fraction of sp³-hybridized carbons (Fsp3) is 0.211. The van der Waals surface area contributed by atoms with Crippen molar-refractivity contribution in [3.05, 3.63) is 52.4 Å². The van der Waals surface area contributed by atoms with Crippen LogP contribution in [0.4, 0.5) is 5.00 Å². The molecule has 1 aromatic carbocycles. The van der Waals surface area contributed by atoms with Crippen LogP contribution < -0.4 is 11.1 Å². The van der Waals surface area contributed by atoms with Crippen LogP contribution in [0.25, 0.3) is 11.1 Å². The van der Waals surface area contributed by atoms with Gasteiger partial charge in [-0.15, -0.1) is 11.3 Å². The first kappa shape index (κ1) is 19.1. The van der Waals surface area contributed by atoms with Crippen LogP contribution in [-0.2, 0) is 9.59 Å². The van der Waals surface area contributed by atoms with Gasteiger partial charge in [-0.1, -0.05) is 35.9 Å². The number of primary amides is 1. The van der Waals surface area contributed by atoms with Gasteiger partial charge in [0.25, 0.3) is 5.91 Å². The zero-order valence-electron chi connectivity index (χ0n) is 14.1. The minimum atomic E-state index is -1.01. The lowest BCUT2D eigenvalue weighted by Crippen LogP contribution is -2.35. The maximum absolute atomic E-state index is 12.7. The van der Waals surface area contributed by atoms with E-state index in [1.807, 2.05) is 0 Å². The zero-order chi connectivity index (χ0) is 19.6. The average Bonchev–Trinajstić information content (AvgIpc) is 3.06. The molecule has 6 nitrogen and oxygen atoms in total.